The van der Waals surface area contributed by atoms with Crippen LogP contribution in [-0.2, 0) is 10.0 Å². The van der Waals surface area contributed by atoms with E-state index in [-0.39, 0.29) is 17.5 Å². The van der Waals surface area contributed by atoms with Crippen molar-refractivity contribution in [3.63, 3.8) is 0 Å². The third kappa shape index (κ3) is 4.84. The van der Waals surface area contributed by atoms with Crippen molar-refractivity contribution in [3.05, 3.63) is 16.6 Å². The third-order valence-electron chi connectivity index (χ3n) is 3.09. The van der Waals surface area contributed by atoms with Crippen molar-refractivity contribution in [2.24, 2.45) is 11.7 Å². The molecule has 0 aliphatic heterocycles. The Kier molecular flexibility index (Phi) is 7.11. The fourth-order valence-electron chi connectivity index (χ4n) is 2.09. The summed E-state index contributed by atoms with van der Waals surface area (Å²) < 4.78 is 38.5. The summed E-state index contributed by atoms with van der Waals surface area (Å²) in [6.07, 6.45) is 0.667. The lowest BCUT2D eigenvalue weighted by Crippen LogP contribution is -2.41. The molecule has 0 bridgehead atoms. The topological polar surface area (TPSA) is 90.7 Å². The van der Waals surface area contributed by atoms with Gasteiger partial charge in [0, 0.05) is 23.1 Å². The molecule has 0 saturated carbocycles. The molecule has 6 nitrogen and oxygen atoms in total. The van der Waals surface area contributed by atoms with Crippen LogP contribution in [0.5, 0.6) is 11.5 Å². The molecule has 3 N–H and O–H groups in total. The number of halogens is 1. The Bertz CT molecular complexity index is 605. The lowest BCUT2D eigenvalue weighted by Gasteiger charge is -2.20. The van der Waals surface area contributed by atoms with Crippen LogP contribution >= 0.6 is 15.9 Å². The molecule has 1 unspecified atom stereocenters. The molecule has 0 radical (unpaired) electrons. The second kappa shape index (κ2) is 8.14. The average molecular weight is 395 g/mol. The van der Waals surface area contributed by atoms with Gasteiger partial charge in [0.15, 0.2) is 11.5 Å². The van der Waals surface area contributed by atoms with Gasteiger partial charge in [0.1, 0.15) is 4.90 Å². The van der Waals surface area contributed by atoms with Gasteiger partial charge in [-0.15, -0.1) is 0 Å². The highest BCUT2D eigenvalue weighted by Crippen LogP contribution is 2.35. The fraction of sp³-hybridized carbons (Fsp3) is 0.571. The van der Waals surface area contributed by atoms with Crippen LogP contribution in [0.2, 0.25) is 0 Å². The van der Waals surface area contributed by atoms with Crippen molar-refractivity contribution in [1.82, 2.24) is 4.72 Å². The van der Waals surface area contributed by atoms with Gasteiger partial charge in [-0.1, -0.05) is 13.8 Å². The van der Waals surface area contributed by atoms with Crippen LogP contribution in [0, 0.1) is 5.92 Å². The molecule has 0 saturated heterocycles. The molecule has 1 atom stereocenters. The minimum Gasteiger partial charge on any atom is -0.493 e. The number of nitrogens with one attached hydrogen (secondary N) is 1. The number of rotatable bonds is 8. The molecule has 1 aromatic carbocycles. The minimum absolute atomic E-state index is 0.0901. The van der Waals surface area contributed by atoms with Crippen LogP contribution < -0.4 is 19.9 Å². The van der Waals surface area contributed by atoms with E-state index < -0.39 is 10.0 Å². The Morgan fingerprint density at radius 3 is 2.23 bits per heavy atom. The van der Waals surface area contributed by atoms with Gasteiger partial charge in [0.2, 0.25) is 10.0 Å². The molecule has 0 spiro atoms. The first kappa shape index (κ1) is 19.2. The van der Waals surface area contributed by atoms with Crippen LogP contribution in [0.25, 0.3) is 0 Å². The molecular formula is C14H23BrN2O4S. The molecular weight excluding hydrogens is 372 g/mol. The molecule has 1 rings (SSSR count). The predicted octanol–water partition coefficient (Wildman–Crippen LogP) is 2.12. The Morgan fingerprint density at radius 1 is 1.23 bits per heavy atom. The van der Waals surface area contributed by atoms with Gasteiger partial charge in [0.25, 0.3) is 0 Å². The Balaban J connectivity index is 3.17. The summed E-state index contributed by atoms with van der Waals surface area (Å²) in [5.41, 5.74) is 5.66. The van der Waals surface area contributed by atoms with Gasteiger partial charge in [-0.05, 0) is 34.3 Å². The zero-order valence-electron chi connectivity index (χ0n) is 13.2. The lowest BCUT2D eigenvalue weighted by molar-refractivity contribution is 0.353. The van der Waals surface area contributed by atoms with E-state index in [0.717, 1.165) is 0 Å². The number of sulfonamides is 1. The van der Waals surface area contributed by atoms with Crippen LogP contribution in [0.1, 0.15) is 20.3 Å². The summed E-state index contributed by atoms with van der Waals surface area (Å²) in [5.74, 6) is 1.13. The van der Waals surface area contributed by atoms with Crippen molar-refractivity contribution in [2.45, 2.75) is 31.2 Å². The molecule has 0 aliphatic rings. The molecule has 0 aromatic heterocycles. The monoisotopic (exact) mass is 394 g/mol. The largest absolute Gasteiger partial charge is 0.493 e. The van der Waals surface area contributed by atoms with Gasteiger partial charge in [0.05, 0.1) is 14.2 Å². The molecule has 22 heavy (non-hydrogen) atoms. The first-order valence-electron chi connectivity index (χ1n) is 6.89. The maximum atomic E-state index is 12.6. The summed E-state index contributed by atoms with van der Waals surface area (Å²) >= 11 is 3.26. The average Bonchev–Trinajstić information content (AvgIpc) is 2.44. The Hall–Kier alpha value is -0.830. The highest BCUT2D eigenvalue weighted by atomic mass is 79.9. The first-order valence-corrected chi connectivity index (χ1v) is 9.16. The molecule has 1 aromatic rings. The van der Waals surface area contributed by atoms with E-state index in [1.165, 1.54) is 20.3 Å². The van der Waals surface area contributed by atoms with Crippen molar-refractivity contribution >= 4 is 26.0 Å². The number of benzene rings is 1. The molecule has 0 amide bonds. The minimum atomic E-state index is -3.72. The molecule has 0 aliphatic carbocycles. The Labute approximate surface area is 140 Å². The second-order valence-corrected chi connectivity index (χ2v) is 7.86. The SMILES string of the molecule is COc1cc(Br)c(S(=O)(=O)NC(CN)CC(C)C)cc1OC. The van der Waals surface area contributed by atoms with Gasteiger partial charge in [-0.3, -0.25) is 0 Å². The van der Waals surface area contributed by atoms with Gasteiger partial charge in [-0.2, -0.15) is 0 Å². The maximum Gasteiger partial charge on any atom is 0.242 e. The summed E-state index contributed by atoms with van der Waals surface area (Å²) in [5, 5.41) is 0. The summed E-state index contributed by atoms with van der Waals surface area (Å²) in [6, 6.07) is 2.67. The highest BCUT2D eigenvalue weighted by Gasteiger charge is 2.24. The van der Waals surface area contributed by atoms with Crippen LogP contribution in [0.15, 0.2) is 21.5 Å². The number of methoxy groups -OCH3 is 2. The van der Waals surface area contributed by atoms with Crippen LogP contribution in [-0.4, -0.2) is 35.2 Å². The number of nitrogens with two attached hydrogens (primary N) is 1. The van der Waals surface area contributed by atoms with Crippen LogP contribution in [0.3, 0.4) is 0 Å². The van der Waals surface area contributed by atoms with E-state index in [0.29, 0.717) is 28.3 Å². The smallest absolute Gasteiger partial charge is 0.242 e. The van der Waals surface area contributed by atoms with Crippen molar-refractivity contribution in [3.8, 4) is 11.5 Å². The van der Waals surface area contributed by atoms with E-state index in [4.69, 9.17) is 15.2 Å². The van der Waals surface area contributed by atoms with Gasteiger partial charge >= 0.3 is 0 Å². The van der Waals surface area contributed by atoms with Gasteiger partial charge in [-0.25, -0.2) is 13.1 Å². The first-order chi connectivity index (χ1) is 10.2. The normalized spacial score (nSPS) is 13.2. The molecule has 126 valence electrons. The van der Waals surface area contributed by atoms with Crippen molar-refractivity contribution in [1.29, 1.82) is 0 Å². The van der Waals surface area contributed by atoms with E-state index in [2.05, 4.69) is 20.7 Å². The molecule has 0 heterocycles. The summed E-state index contributed by atoms with van der Waals surface area (Å²) in [4.78, 5) is 0.0901. The van der Waals surface area contributed by atoms with E-state index >= 15 is 0 Å². The number of hydrogen-bond acceptors (Lipinski definition) is 5. The number of ether oxygens (including phenoxy) is 2. The quantitative estimate of drug-likeness (QED) is 0.704. The summed E-state index contributed by atoms with van der Waals surface area (Å²) in [6.45, 7) is 4.27. The molecule has 0 fully saturated rings. The predicted molar refractivity (Wildman–Crippen MR) is 89.9 cm³/mol. The van der Waals surface area contributed by atoms with Crippen LogP contribution in [0.4, 0.5) is 0 Å². The van der Waals surface area contributed by atoms with E-state index in [1.54, 1.807) is 6.07 Å². The third-order valence-corrected chi connectivity index (χ3v) is 5.57. The van der Waals surface area contributed by atoms with Crippen molar-refractivity contribution < 1.29 is 17.9 Å². The highest BCUT2D eigenvalue weighted by molar-refractivity contribution is 9.10. The number of hydrogen-bond donors (Lipinski definition) is 2. The molecule has 8 heteroatoms. The van der Waals surface area contributed by atoms with E-state index in [1.807, 2.05) is 13.8 Å². The lowest BCUT2D eigenvalue weighted by atomic mass is 10.1. The van der Waals surface area contributed by atoms with E-state index in [9.17, 15) is 8.42 Å². The Morgan fingerprint density at radius 2 is 1.77 bits per heavy atom. The fourth-order valence-corrected chi connectivity index (χ4v) is 4.38. The zero-order valence-corrected chi connectivity index (χ0v) is 15.6. The zero-order chi connectivity index (χ0) is 16.9. The standard InChI is InChI=1S/C14H23BrN2O4S/c1-9(2)5-10(8-16)17-22(18,19)14-7-13(21-4)12(20-3)6-11(14)15/h6-7,9-10,17H,5,8,16H2,1-4H3. The second-order valence-electron chi connectivity index (χ2n) is 5.32. The summed E-state index contributed by atoms with van der Waals surface area (Å²) in [7, 11) is -0.773. The van der Waals surface area contributed by atoms with Gasteiger partial charge < -0.3 is 15.2 Å². The van der Waals surface area contributed by atoms with Crippen molar-refractivity contribution in [2.75, 3.05) is 20.8 Å². The maximum absolute atomic E-state index is 12.6.